The third-order valence-electron chi connectivity index (χ3n) is 5.29. The molecule has 29 heavy (non-hydrogen) atoms. The number of hydrogen-bond donors (Lipinski definition) is 0. The van der Waals surface area contributed by atoms with Crippen molar-refractivity contribution in [2.24, 2.45) is 0 Å². The summed E-state index contributed by atoms with van der Waals surface area (Å²) < 4.78 is 19.6. The Balaban J connectivity index is 1.84. The zero-order chi connectivity index (χ0) is 20.0. The van der Waals surface area contributed by atoms with Gasteiger partial charge in [0.05, 0.1) is 29.3 Å². The van der Waals surface area contributed by atoms with Gasteiger partial charge in [0, 0.05) is 30.2 Å². The van der Waals surface area contributed by atoms with E-state index in [4.69, 9.17) is 16.1 Å². The highest BCUT2D eigenvalue weighted by Crippen LogP contribution is 2.36. The van der Waals surface area contributed by atoms with Crippen LogP contribution < -0.4 is 9.64 Å². The minimum Gasteiger partial charge on any atom is -0.467 e. The van der Waals surface area contributed by atoms with Gasteiger partial charge in [-0.15, -0.1) is 6.42 Å². The molecular formula is C23H17FN4O. The zero-order valence-electron chi connectivity index (χ0n) is 15.8. The summed E-state index contributed by atoms with van der Waals surface area (Å²) in [5.41, 5.74) is 2.43. The highest BCUT2D eigenvalue weighted by molar-refractivity contribution is 6.02. The molecule has 0 unspecified atom stereocenters. The summed E-state index contributed by atoms with van der Waals surface area (Å²) in [6, 6.07) is 11.1. The quantitative estimate of drug-likeness (QED) is 0.496. The third kappa shape index (κ3) is 2.74. The molecule has 2 aromatic heterocycles. The minimum absolute atomic E-state index is 0.241. The Labute approximate surface area is 167 Å². The molecule has 0 atom stereocenters. The number of rotatable bonds is 3. The van der Waals surface area contributed by atoms with Crippen LogP contribution in [0.4, 0.5) is 10.2 Å². The average Bonchev–Trinajstić information content (AvgIpc) is 2.71. The number of fused-ring (bicyclic) bond motifs is 2. The van der Waals surface area contributed by atoms with Crippen LogP contribution in [0.2, 0.25) is 0 Å². The van der Waals surface area contributed by atoms with E-state index in [0.29, 0.717) is 11.1 Å². The van der Waals surface area contributed by atoms with Crippen molar-refractivity contribution in [3.05, 3.63) is 54.0 Å². The molecule has 0 radical (unpaired) electrons. The number of anilines is 1. The van der Waals surface area contributed by atoms with E-state index in [1.165, 1.54) is 13.2 Å². The predicted molar refractivity (Wildman–Crippen MR) is 112 cm³/mol. The molecule has 1 saturated heterocycles. The van der Waals surface area contributed by atoms with Crippen molar-refractivity contribution in [1.29, 1.82) is 0 Å². The third-order valence-corrected chi connectivity index (χ3v) is 5.29. The van der Waals surface area contributed by atoms with Crippen molar-refractivity contribution in [2.45, 2.75) is 6.42 Å². The summed E-state index contributed by atoms with van der Waals surface area (Å²) >= 11 is 0. The highest BCUT2D eigenvalue weighted by atomic mass is 19.1. The van der Waals surface area contributed by atoms with Crippen LogP contribution >= 0.6 is 0 Å². The number of pyridine rings is 1. The molecule has 2 aromatic carbocycles. The molecule has 3 heterocycles. The molecule has 1 aliphatic rings. The highest BCUT2D eigenvalue weighted by Gasteiger charge is 2.22. The fraction of sp³-hybridized carbons (Fsp3) is 0.174. The number of ether oxygens (including phenoxy) is 1. The monoisotopic (exact) mass is 384 g/mol. The van der Waals surface area contributed by atoms with Crippen molar-refractivity contribution in [2.75, 3.05) is 25.1 Å². The molecule has 6 heteroatoms. The van der Waals surface area contributed by atoms with Crippen molar-refractivity contribution < 1.29 is 9.13 Å². The van der Waals surface area contributed by atoms with Crippen LogP contribution in [0.15, 0.2) is 42.6 Å². The maximum atomic E-state index is 14.4. The number of aromatic nitrogens is 3. The normalized spacial score (nSPS) is 13.3. The molecule has 1 fully saturated rings. The lowest BCUT2D eigenvalue weighted by Gasteiger charge is -2.33. The molecule has 5 rings (SSSR count). The van der Waals surface area contributed by atoms with Crippen LogP contribution in [0, 0.1) is 18.2 Å². The topological polar surface area (TPSA) is 51.1 Å². The van der Waals surface area contributed by atoms with E-state index in [2.05, 4.69) is 20.8 Å². The maximum absolute atomic E-state index is 14.4. The summed E-state index contributed by atoms with van der Waals surface area (Å²) in [6.45, 7) is 1.86. The van der Waals surface area contributed by atoms with Crippen LogP contribution in [0.1, 0.15) is 12.0 Å². The summed E-state index contributed by atoms with van der Waals surface area (Å²) in [4.78, 5) is 15.9. The smallest absolute Gasteiger partial charge is 0.316 e. The van der Waals surface area contributed by atoms with Gasteiger partial charge in [-0.3, -0.25) is 0 Å². The van der Waals surface area contributed by atoms with Crippen molar-refractivity contribution in [3.63, 3.8) is 0 Å². The van der Waals surface area contributed by atoms with Gasteiger partial charge in [0.25, 0.3) is 0 Å². The maximum Gasteiger partial charge on any atom is 0.316 e. The second-order valence-electron chi connectivity index (χ2n) is 6.93. The van der Waals surface area contributed by atoms with Crippen LogP contribution in [0.25, 0.3) is 32.9 Å². The molecule has 0 aliphatic carbocycles. The summed E-state index contributed by atoms with van der Waals surface area (Å²) in [5, 5.41) is 2.40. The Morgan fingerprint density at radius 1 is 1.17 bits per heavy atom. The molecule has 0 saturated carbocycles. The molecule has 142 valence electrons. The molecule has 0 N–H and O–H groups in total. The first-order valence-corrected chi connectivity index (χ1v) is 9.34. The average molecular weight is 384 g/mol. The first-order valence-electron chi connectivity index (χ1n) is 9.34. The fourth-order valence-electron chi connectivity index (χ4n) is 3.71. The number of halogens is 1. The van der Waals surface area contributed by atoms with Gasteiger partial charge >= 0.3 is 6.01 Å². The number of hydrogen-bond acceptors (Lipinski definition) is 5. The zero-order valence-corrected chi connectivity index (χ0v) is 15.8. The minimum atomic E-state index is -0.416. The van der Waals surface area contributed by atoms with Crippen molar-refractivity contribution >= 4 is 27.5 Å². The van der Waals surface area contributed by atoms with Gasteiger partial charge < -0.3 is 9.64 Å². The Morgan fingerprint density at radius 3 is 2.76 bits per heavy atom. The summed E-state index contributed by atoms with van der Waals surface area (Å²) in [5.74, 6) is 2.91. The number of methoxy groups -OCH3 is 1. The molecule has 0 amide bonds. The van der Waals surface area contributed by atoms with E-state index in [1.54, 1.807) is 12.3 Å². The molecule has 0 spiro atoms. The van der Waals surface area contributed by atoms with E-state index in [-0.39, 0.29) is 11.6 Å². The SMILES string of the molecule is C#Cc1c(F)ccc2cccc(-c3cc4nc(OC)ncc4c(N4CCC4)n3)c12. The molecule has 4 aromatic rings. The largest absolute Gasteiger partial charge is 0.467 e. The van der Waals surface area contributed by atoms with Crippen LogP contribution in [-0.2, 0) is 0 Å². The first kappa shape index (κ1) is 17.4. The van der Waals surface area contributed by atoms with Crippen molar-refractivity contribution in [3.8, 4) is 29.6 Å². The van der Waals surface area contributed by atoms with E-state index in [1.807, 2.05) is 24.3 Å². The molecular weight excluding hydrogens is 367 g/mol. The summed E-state index contributed by atoms with van der Waals surface area (Å²) in [7, 11) is 1.53. The second kappa shape index (κ2) is 6.71. The lowest BCUT2D eigenvalue weighted by Crippen LogP contribution is -2.37. The summed E-state index contributed by atoms with van der Waals surface area (Å²) in [6.07, 6.45) is 8.50. The Bertz CT molecular complexity index is 1310. The van der Waals surface area contributed by atoms with Gasteiger partial charge in [-0.2, -0.15) is 4.98 Å². The van der Waals surface area contributed by atoms with Gasteiger partial charge in [-0.05, 0) is 23.9 Å². The van der Waals surface area contributed by atoms with E-state index >= 15 is 0 Å². The number of nitrogens with zero attached hydrogens (tertiary/aromatic N) is 4. The lowest BCUT2D eigenvalue weighted by atomic mass is 9.96. The predicted octanol–water partition coefficient (Wildman–Crippen LogP) is 4.18. The lowest BCUT2D eigenvalue weighted by molar-refractivity contribution is 0.382. The van der Waals surface area contributed by atoms with Crippen molar-refractivity contribution in [1.82, 2.24) is 15.0 Å². The van der Waals surface area contributed by atoms with Crippen LogP contribution in [0.5, 0.6) is 6.01 Å². The Kier molecular flexibility index (Phi) is 4.02. The van der Waals surface area contributed by atoms with Gasteiger partial charge in [0.2, 0.25) is 0 Å². The van der Waals surface area contributed by atoms with Gasteiger partial charge in [-0.25, -0.2) is 14.4 Å². The van der Waals surface area contributed by atoms with Crippen LogP contribution in [-0.4, -0.2) is 35.2 Å². The molecule has 5 nitrogen and oxygen atoms in total. The first-order chi connectivity index (χ1) is 14.2. The Morgan fingerprint density at radius 2 is 2.03 bits per heavy atom. The van der Waals surface area contributed by atoms with E-state index < -0.39 is 5.82 Å². The molecule has 0 bridgehead atoms. The van der Waals surface area contributed by atoms with E-state index in [0.717, 1.165) is 47.2 Å². The molecule has 1 aliphatic heterocycles. The van der Waals surface area contributed by atoms with Gasteiger partial charge in [0.15, 0.2) is 0 Å². The number of terminal acetylenes is 1. The second-order valence-corrected chi connectivity index (χ2v) is 6.93. The standard InChI is InChI=1S/C23H17FN4O/c1-3-15-18(24)9-8-14-6-4-7-16(21(14)15)19-12-20-17(13-25-23(27-20)29-2)22(26-19)28-10-5-11-28/h1,4,6-9,12-13H,5,10-11H2,2H3. The Hall–Kier alpha value is -3.72. The number of benzene rings is 2. The van der Waals surface area contributed by atoms with E-state index in [9.17, 15) is 4.39 Å². The van der Waals surface area contributed by atoms with Gasteiger partial charge in [0.1, 0.15) is 11.6 Å². The fourth-order valence-corrected chi connectivity index (χ4v) is 3.71. The van der Waals surface area contributed by atoms with Crippen LogP contribution in [0.3, 0.4) is 0 Å². The van der Waals surface area contributed by atoms with Gasteiger partial charge in [-0.1, -0.05) is 30.2 Å².